The molecule has 13 nitrogen and oxygen atoms in total. The summed E-state index contributed by atoms with van der Waals surface area (Å²) < 4.78 is 7.34. The number of aromatic nitrogens is 6. The smallest absolute Gasteiger partial charge is 0.234 e. The molecule has 2 fully saturated rings. The lowest BCUT2D eigenvalue weighted by Gasteiger charge is -2.33. The summed E-state index contributed by atoms with van der Waals surface area (Å²) in [6, 6.07) is 18.1. The van der Waals surface area contributed by atoms with E-state index >= 15 is 0 Å². The minimum Gasteiger partial charge on any atom is -0.475 e. The Hall–Kier alpha value is -4.95. The van der Waals surface area contributed by atoms with Gasteiger partial charge in [-0.2, -0.15) is 10.2 Å². The topological polar surface area (TPSA) is 149 Å². The van der Waals surface area contributed by atoms with Crippen molar-refractivity contribution in [2.24, 2.45) is 5.41 Å². The van der Waals surface area contributed by atoms with Gasteiger partial charge in [0.25, 0.3) is 0 Å². The molecule has 2 atom stereocenters. The van der Waals surface area contributed by atoms with E-state index in [-0.39, 0.29) is 18.6 Å². The molecule has 3 aliphatic rings. The number of ether oxygens (including phenoxy) is 1. The van der Waals surface area contributed by atoms with Crippen LogP contribution in [0, 0.1) is 5.41 Å². The average Bonchev–Trinajstić information content (AvgIpc) is 3.96. The summed E-state index contributed by atoms with van der Waals surface area (Å²) in [6.07, 6.45) is 7.48. The molecule has 2 saturated heterocycles. The number of β-amino-alcohol motifs (C(OH)–C–C–N with tert-alkyl or cyclic N) is 1. The van der Waals surface area contributed by atoms with E-state index in [1.807, 2.05) is 55.1 Å². The van der Waals surface area contributed by atoms with Crippen LogP contribution in [0.25, 0.3) is 39.1 Å². The van der Waals surface area contributed by atoms with Crippen molar-refractivity contribution in [1.29, 1.82) is 0 Å². The molecule has 3 N–H and O–H groups in total. The molecule has 8 rings (SSSR count). The largest absolute Gasteiger partial charge is 0.475 e. The fourth-order valence-corrected chi connectivity index (χ4v) is 7.82. The van der Waals surface area contributed by atoms with E-state index in [9.17, 15) is 9.90 Å². The minimum atomic E-state index is -0.606. The molecule has 0 bridgehead atoms. The Morgan fingerprint density at radius 1 is 0.981 bits per heavy atom. The molecule has 2 aromatic carbocycles. The number of anilines is 1. The average molecular weight is 704 g/mol. The van der Waals surface area contributed by atoms with Crippen LogP contribution in [0.15, 0.2) is 73.2 Å². The van der Waals surface area contributed by atoms with Crippen molar-refractivity contribution in [2.75, 3.05) is 50.8 Å². The fraction of sp³-hybridized carbons (Fsp3) is 0.410. The van der Waals surface area contributed by atoms with Crippen LogP contribution in [-0.4, -0.2) is 114 Å². The van der Waals surface area contributed by atoms with Crippen LogP contribution in [-0.2, 0) is 11.3 Å². The normalized spacial score (nSPS) is 20.4. The summed E-state index contributed by atoms with van der Waals surface area (Å²) in [6.45, 7) is 8.45. The molecule has 3 aliphatic heterocycles. The Balaban J connectivity index is 0.874. The number of pyridine rings is 1. The van der Waals surface area contributed by atoms with Gasteiger partial charge >= 0.3 is 0 Å². The number of nitrogens with zero attached hydrogens (tertiary/aromatic N) is 8. The number of hydrogen-bond acceptors (Lipinski definition) is 10. The van der Waals surface area contributed by atoms with Gasteiger partial charge in [-0.15, -0.1) is 0 Å². The SMILES string of the molecule is CC(C)Oc1ccc(-c2n[nH]c3ccc(N4CC[C@]5(CCN(CC(O)N6CC=C(c7ccc(-c8ncn(CCO)n8)cc7)CC6)C5)C4=O)cc23)cn1. The first-order chi connectivity index (χ1) is 25.3. The number of H-pyrrole nitrogens is 1. The van der Waals surface area contributed by atoms with Crippen molar-refractivity contribution in [3.05, 3.63) is 78.8 Å². The Morgan fingerprint density at radius 3 is 2.54 bits per heavy atom. The van der Waals surface area contributed by atoms with Gasteiger partial charge in [-0.05, 0) is 75.1 Å². The number of benzene rings is 2. The second kappa shape index (κ2) is 14.2. The van der Waals surface area contributed by atoms with E-state index < -0.39 is 11.6 Å². The number of fused-ring (bicyclic) bond motifs is 1. The molecule has 0 aliphatic carbocycles. The number of hydrogen-bond donors (Lipinski definition) is 3. The molecule has 0 radical (unpaired) electrons. The fourth-order valence-electron chi connectivity index (χ4n) is 7.82. The third-order valence-electron chi connectivity index (χ3n) is 10.6. The second-order valence-electron chi connectivity index (χ2n) is 14.4. The van der Waals surface area contributed by atoms with Crippen molar-refractivity contribution in [2.45, 2.75) is 52.0 Å². The van der Waals surface area contributed by atoms with Crippen LogP contribution < -0.4 is 9.64 Å². The number of likely N-dealkylation sites (tertiary alicyclic amines) is 1. The molecule has 1 unspecified atom stereocenters. The number of amides is 1. The summed E-state index contributed by atoms with van der Waals surface area (Å²) in [7, 11) is 0. The van der Waals surface area contributed by atoms with Gasteiger partial charge in [0.05, 0.1) is 30.2 Å². The highest BCUT2D eigenvalue weighted by molar-refractivity contribution is 6.03. The Labute approximate surface area is 302 Å². The predicted molar refractivity (Wildman–Crippen MR) is 198 cm³/mol. The summed E-state index contributed by atoms with van der Waals surface area (Å²) >= 11 is 0. The van der Waals surface area contributed by atoms with Crippen LogP contribution in [0.5, 0.6) is 5.88 Å². The Morgan fingerprint density at radius 2 is 1.79 bits per heavy atom. The first-order valence-corrected chi connectivity index (χ1v) is 18.2. The number of aromatic amines is 1. The van der Waals surface area contributed by atoms with Crippen LogP contribution >= 0.6 is 0 Å². The van der Waals surface area contributed by atoms with Gasteiger partial charge in [-0.1, -0.05) is 30.3 Å². The van der Waals surface area contributed by atoms with Crippen LogP contribution in [0.1, 0.15) is 38.7 Å². The minimum absolute atomic E-state index is 0.0243. The maximum absolute atomic E-state index is 14.1. The highest BCUT2D eigenvalue weighted by Gasteiger charge is 2.51. The second-order valence-corrected chi connectivity index (χ2v) is 14.4. The van der Waals surface area contributed by atoms with Crippen molar-refractivity contribution in [1.82, 2.24) is 39.7 Å². The van der Waals surface area contributed by atoms with E-state index in [1.54, 1.807) is 17.2 Å². The molecular formula is C39H45N9O4. The van der Waals surface area contributed by atoms with E-state index in [0.29, 0.717) is 44.4 Å². The highest BCUT2D eigenvalue weighted by atomic mass is 16.5. The van der Waals surface area contributed by atoms with Crippen LogP contribution in [0.4, 0.5) is 5.69 Å². The van der Waals surface area contributed by atoms with Gasteiger partial charge in [0, 0.05) is 67.2 Å². The standard InChI is InChI=1S/C39H45N9O4/c1-26(2)52-34-10-7-30(22-40-34)36-32-21-31(8-9-33(32)42-43-36)48-18-14-39(38(48)51)13-17-45(24-39)23-35(50)46-15-11-28(12-16-46)27-3-5-29(6-4-27)37-41-25-47(44-37)19-20-49/h3-11,21-22,25-26,35,49-50H,12-20,23-24H2,1-2H3,(H,42,43)/t35?,39-/m0/s1. The quantitative estimate of drug-likeness (QED) is 0.183. The molecule has 270 valence electrons. The van der Waals surface area contributed by atoms with Gasteiger partial charge in [0.2, 0.25) is 11.8 Å². The third kappa shape index (κ3) is 6.72. The van der Waals surface area contributed by atoms with Gasteiger partial charge in [-0.25, -0.2) is 9.97 Å². The number of nitrogens with one attached hydrogen (secondary N) is 1. The third-order valence-corrected chi connectivity index (χ3v) is 10.6. The zero-order valence-corrected chi connectivity index (χ0v) is 29.6. The molecule has 5 aromatic rings. The van der Waals surface area contributed by atoms with Crippen molar-refractivity contribution < 1.29 is 19.7 Å². The number of aliphatic hydroxyl groups excluding tert-OH is 2. The molecule has 0 saturated carbocycles. The Bertz CT molecular complexity index is 2070. The first-order valence-electron chi connectivity index (χ1n) is 18.2. The molecule has 6 heterocycles. The van der Waals surface area contributed by atoms with Crippen LogP contribution in [0.3, 0.4) is 0 Å². The maximum Gasteiger partial charge on any atom is 0.234 e. The van der Waals surface area contributed by atoms with Crippen molar-refractivity contribution >= 4 is 28.1 Å². The highest BCUT2D eigenvalue weighted by Crippen LogP contribution is 2.43. The van der Waals surface area contributed by atoms with Crippen molar-refractivity contribution in [3.63, 3.8) is 0 Å². The number of aliphatic hydroxyl groups is 2. The van der Waals surface area contributed by atoms with Crippen molar-refractivity contribution in [3.8, 4) is 28.5 Å². The monoisotopic (exact) mass is 703 g/mol. The van der Waals surface area contributed by atoms with E-state index in [2.05, 4.69) is 59.3 Å². The van der Waals surface area contributed by atoms with E-state index in [4.69, 9.17) is 9.84 Å². The predicted octanol–water partition coefficient (Wildman–Crippen LogP) is 4.20. The first kappa shape index (κ1) is 34.2. The zero-order chi connectivity index (χ0) is 35.8. The summed E-state index contributed by atoms with van der Waals surface area (Å²) in [5, 5.41) is 33.5. The number of rotatable bonds is 11. The number of carbonyl (C=O) groups is 1. The molecule has 1 spiro atoms. The molecule has 13 heteroatoms. The lowest BCUT2D eigenvalue weighted by atomic mass is 9.85. The van der Waals surface area contributed by atoms with Gasteiger partial charge in [-0.3, -0.25) is 24.4 Å². The molecule has 1 amide bonds. The lowest BCUT2D eigenvalue weighted by Crippen LogP contribution is -2.46. The van der Waals surface area contributed by atoms with Gasteiger partial charge in [0.15, 0.2) is 5.82 Å². The molecule has 52 heavy (non-hydrogen) atoms. The van der Waals surface area contributed by atoms with E-state index in [1.165, 1.54) is 5.57 Å². The number of carbonyl (C=O) groups excluding carboxylic acids is 1. The van der Waals surface area contributed by atoms with Crippen LogP contribution in [0.2, 0.25) is 0 Å². The zero-order valence-electron chi connectivity index (χ0n) is 29.6. The lowest BCUT2D eigenvalue weighted by molar-refractivity contribution is -0.125. The summed E-state index contributed by atoms with van der Waals surface area (Å²) in [5.41, 5.74) is 6.36. The van der Waals surface area contributed by atoms with Gasteiger partial charge < -0.3 is 19.8 Å². The van der Waals surface area contributed by atoms with E-state index in [0.717, 1.165) is 71.3 Å². The molecule has 3 aromatic heterocycles. The summed E-state index contributed by atoms with van der Waals surface area (Å²) in [5.74, 6) is 1.38. The molecular weight excluding hydrogens is 658 g/mol. The van der Waals surface area contributed by atoms with Gasteiger partial charge in [0.1, 0.15) is 18.2 Å². The summed E-state index contributed by atoms with van der Waals surface area (Å²) in [4.78, 5) is 29.2. The Kier molecular flexibility index (Phi) is 9.34. The maximum atomic E-state index is 14.1.